The number of piperazine rings is 1. The lowest BCUT2D eigenvalue weighted by molar-refractivity contribution is -0.117. The maximum Gasteiger partial charge on any atom is 0.387 e. The maximum absolute atomic E-state index is 12.6. The lowest BCUT2D eigenvalue weighted by atomic mass is 10.1. The van der Waals surface area contributed by atoms with Crippen molar-refractivity contribution in [2.75, 3.05) is 38.0 Å². The molecule has 0 saturated carbocycles. The first-order valence-corrected chi connectivity index (χ1v) is 8.70. The second kappa shape index (κ2) is 8.79. The molecule has 1 aliphatic heterocycles. The number of aryl methyl sites for hydroxylation is 1. The molecule has 2 heterocycles. The number of carbonyl (C=O) groups excluding carboxylic acids is 2. The van der Waals surface area contributed by atoms with Crippen LogP contribution < -0.4 is 10.1 Å². The molecule has 1 aromatic carbocycles. The molecule has 1 fully saturated rings. The summed E-state index contributed by atoms with van der Waals surface area (Å²) in [4.78, 5) is 28.2. The third-order valence-electron chi connectivity index (χ3n) is 4.23. The fourth-order valence-corrected chi connectivity index (χ4v) is 2.91. The van der Waals surface area contributed by atoms with Crippen LogP contribution in [0.15, 0.2) is 34.9 Å². The smallest absolute Gasteiger partial charge is 0.387 e. The Labute approximate surface area is 160 Å². The van der Waals surface area contributed by atoms with Crippen LogP contribution in [0.2, 0.25) is 0 Å². The van der Waals surface area contributed by atoms with E-state index < -0.39 is 6.61 Å². The van der Waals surface area contributed by atoms with Crippen LogP contribution in [-0.2, 0) is 4.79 Å². The fraction of sp³-hybridized carbons (Fsp3) is 0.389. The van der Waals surface area contributed by atoms with Crippen molar-refractivity contribution in [2.24, 2.45) is 0 Å². The van der Waals surface area contributed by atoms with Gasteiger partial charge in [-0.2, -0.15) is 8.78 Å². The van der Waals surface area contributed by atoms with Crippen LogP contribution in [-0.4, -0.2) is 66.1 Å². The highest BCUT2D eigenvalue weighted by Crippen LogP contribution is 2.18. The Bertz CT molecular complexity index is 834. The minimum absolute atomic E-state index is 0.0563. The van der Waals surface area contributed by atoms with E-state index in [0.29, 0.717) is 37.8 Å². The SMILES string of the molecule is Cc1cc(NC(=O)CN2CCN(C(=O)c3cccc(OC(F)F)c3)CC2)no1. The number of amides is 2. The number of aromatic nitrogens is 1. The Morgan fingerprint density at radius 3 is 2.64 bits per heavy atom. The van der Waals surface area contributed by atoms with Gasteiger partial charge in [0.15, 0.2) is 5.82 Å². The highest BCUT2D eigenvalue weighted by Gasteiger charge is 2.24. The van der Waals surface area contributed by atoms with Crippen LogP contribution >= 0.6 is 0 Å². The average Bonchev–Trinajstić information content (AvgIpc) is 3.06. The number of alkyl halides is 2. The Balaban J connectivity index is 1.49. The van der Waals surface area contributed by atoms with E-state index in [9.17, 15) is 18.4 Å². The highest BCUT2D eigenvalue weighted by molar-refractivity contribution is 5.94. The van der Waals surface area contributed by atoms with Gasteiger partial charge in [0.1, 0.15) is 11.5 Å². The van der Waals surface area contributed by atoms with E-state index in [0.717, 1.165) is 0 Å². The number of hydrogen-bond donors (Lipinski definition) is 1. The van der Waals surface area contributed by atoms with Crippen molar-refractivity contribution in [1.29, 1.82) is 0 Å². The lowest BCUT2D eigenvalue weighted by Crippen LogP contribution is -2.50. The minimum Gasteiger partial charge on any atom is -0.435 e. The zero-order valence-electron chi connectivity index (χ0n) is 15.2. The van der Waals surface area contributed by atoms with Gasteiger partial charge in [-0.15, -0.1) is 0 Å². The number of nitrogens with zero attached hydrogens (tertiary/aromatic N) is 3. The van der Waals surface area contributed by atoms with Gasteiger partial charge in [-0.05, 0) is 25.1 Å². The zero-order valence-corrected chi connectivity index (χ0v) is 15.2. The van der Waals surface area contributed by atoms with Gasteiger partial charge in [0.05, 0.1) is 6.54 Å². The van der Waals surface area contributed by atoms with Gasteiger partial charge in [-0.25, -0.2) is 0 Å². The van der Waals surface area contributed by atoms with Gasteiger partial charge in [-0.1, -0.05) is 11.2 Å². The summed E-state index contributed by atoms with van der Waals surface area (Å²) in [6.07, 6.45) is 0. The normalized spacial score (nSPS) is 14.9. The van der Waals surface area contributed by atoms with Gasteiger partial charge < -0.3 is 19.5 Å². The summed E-state index contributed by atoms with van der Waals surface area (Å²) >= 11 is 0. The summed E-state index contributed by atoms with van der Waals surface area (Å²) in [6, 6.07) is 7.35. The van der Waals surface area contributed by atoms with Crippen molar-refractivity contribution in [3.63, 3.8) is 0 Å². The number of rotatable bonds is 6. The molecule has 0 bridgehead atoms. The summed E-state index contributed by atoms with van der Waals surface area (Å²) in [5, 5.41) is 6.36. The second-order valence-corrected chi connectivity index (χ2v) is 6.35. The van der Waals surface area contributed by atoms with E-state index >= 15 is 0 Å². The van der Waals surface area contributed by atoms with Crippen LogP contribution in [0.25, 0.3) is 0 Å². The van der Waals surface area contributed by atoms with Gasteiger partial charge in [-0.3, -0.25) is 14.5 Å². The molecule has 3 rings (SSSR count). The molecule has 8 nitrogen and oxygen atoms in total. The molecule has 1 aromatic heterocycles. The van der Waals surface area contributed by atoms with Crippen molar-refractivity contribution < 1.29 is 27.6 Å². The number of ether oxygens (including phenoxy) is 1. The van der Waals surface area contributed by atoms with Gasteiger partial charge in [0, 0.05) is 37.8 Å². The first kappa shape index (κ1) is 19.7. The van der Waals surface area contributed by atoms with Crippen LogP contribution in [0.4, 0.5) is 14.6 Å². The van der Waals surface area contributed by atoms with Crippen LogP contribution in [0.5, 0.6) is 5.75 Å². The third-order valence-corrected chi connectivity index (χ3v) is 4.23. The Hall–Kier alpha value is -3.01. The Morgan fingerprint density at radius 2 is 2.00 bits per heavy atom. The first-order chi connectivity index (χ1) is 13.4. The Kier molecular flexibility index (Phi) is 6.19. The lowest BCUT2D eigenvalue weighted by Gasteiger charge is -2.34. The van der Waals surface area contributed by atoms with Crippen molar-refractivity contribution in [3.8, 4) is 5.75 Å². The second-order valence-electron chi connectivity index (χ2n) is 6.35. The molecule has 2 amide bonds. The van der Waals surface area contributed by atoms with Crippen molar-refractivity contribution >= 4 is 17.6 Å². The van der Waals surface area contributed by atoms with Gasteiger partial charge in [0.25, 0.3) is 5.91 Å². The van der Waals surface area contributed by atoms with E-state index in [1.807, 2.05) is 4.90 Å². The van der Waals surface area contributed by atoms with Crippen LogP contribution in [0.1, 0.15) is 16.1 Å². The molecule has 1 saturated heterocycles. The summed E-state index contributed by atoms with van der Waals surface area (Å²) in [6.45, 7) is 0.847. The van der Waals surface area contributed by atoms with Crippen LogP contribution in [0, 0.1) is 6.92 Å². The van der Waals surface area contributed by atoms with Crippen LogP contribution in [0.3, 0.4) is 0 Å². The quantitative estimate of drug-likeness (QED) is 0.806. The first-order valence-electron chi connectivity index (χ1n) is 8.70. The number of hydrogen-bond acceptors (Lipinski definition) is 6. The molecule has 1 N–H and O–H groups in total. The standard InChI is InChI=1S/C18H20F2N4O4/c1-12-9-15(22-28-12)21-16(25)11-23-5-7-24(8-6-23)17(26)13-3-2-4-14(10-13)27-18(19)20/h2-4,9-10,18H,5-8,11H2,1H3,(H,21,22,25). The average molecular weight is 394 g/mol. The largest absolute Gasteiger partial charge is 0.435 e. The molecule has 150 valence electrons. The molecule has 10 heteroatoms. The summed E-state index contributed by atoms with van der Waals surface area (Å²) in [7, 11) is 0. The molecule has 28 heavy (non-hydrogen) atoms. The number of nitrogens with one attached hydrogen (secondary N) is 1. The number of benzene rings is 1. The monoisotopic (exact) mass is 394 g/mol. The van der Waals surface area contributed by atoms with Gasteiger partial charge >= 0.3 is 6.61 Å². The number of anilines is 1. The highest BCUT2D eigenvalue weighted by atomic mass is 19.3. The van der Waals surface area contributed by atoms with E-state index in [1.54, 1.807) is 24.0 Å². The minimum atomic E-state index is -2.94. The molecule has 0 atom stereocenters. The van der Waals surface area contributed by atoms with Crippen molar-refractivity contribution in [1.82, 2.24) is 15.0 Å². The topological polar surface area (TPSA) is 87.9 Å². The molecular weight excluding hydrogens is 374 g/mol. The molecular formula is C18H20F2N4O4. The fourth-order valence-electron chi connectivity index (χ4n) is 2.91. The van der Waals surface area contributed by atoms with Crippen molar-refractivity contribution in [3.05, 3.63) is 41.7 Å². The predicted molar refractivity (Wildman–Crippen MR) is 95.3 cm³/mol. The van der Waals surface area contributed by atoms with Crippen molar-refractivity contribution in [2.45, 2.75) is 13.5 Å². The number of carbonyl (C=O) groups is 2. The molecule has 0 unspecified atom stereocenters. The van der Waals surface area contributed by atoms with E-state index in [4.69, 9.17) is 4.52 Å². The zero-order chi connectivity index (χ0) is 20.1. The third kappa shape index (κ3) is 5.26. The summed E-state index contributed by atoms with van der Waals surface area (Å²) in [5.74, 6) is 0.429. The molecule has 2 aromatic rings. The molecule has 0 radical (unpaired) electrons. The number of halogens is 2. The van der Waals surface area contributed by atoms with E-state index in [1.165, 1.54) is 18.2 Å². The van der Waals surface area contributed by atoms with E-state index in [-0.39, 0.29) is 29.7 Å². The molecule has 0 aliphatic carbocycles. The van der Waals surface area contributed by atoms with Gasteiger partial charge in [0.2, 0.25) is 5.91 Å². The molecule has 0 spiro atoms. The summed E-state index contributed by atoms with van der Waals surface area (Å²) in [5.41, 5.74) is 0.283. The molecule has 1 aliphatic rings. The Morgan fingerprint density at radius 1 is 1.25 bits per heavy atom. The predicted octanol–water partition coefficient (Wildman–Crippen LogP) is 1.98. The maximum atomic E-state index is 12.6. The van der Waals surface area contributed by atoms with E-state index in [2.05, 4.69) is 15.2 Å². The summed E-state index contributed by atoms with van der Waals surface area (Å²) < 4.78 is 33.9.